The van der Waals surface area contributed by atoms with Crippen molar-refractivity contribution in [2.45, 2.75) is 26.6 Å². The van der Waals surface area contributed by atoms with Crippen LogP contribution in [0, 0.1) is 13.8 Å². The van der Waals surface area contributed by atoms with E-state index in [1.54, 1.807) is 19.3 Å². The Bertz CT molecular complexity index is 581. The van der Waals surface area contributed by atoms with Gasteiger partial charge in [0.05, 0.1) is 18.8 Å². The summed E-state index contributed by atoms with van der Waals surface area (Å²) in [5.41, 5.74) is 1.41. The standard InChI is InChI=1S/C9H12N2O2.C6H6N2O/c1-7-10-5-8(6-11-7)9-12-3-2-4-13-9;1-5-7-2-6(4-9)3-8-5/h5-6,9H,2-4H2,1H3;2-4H,1H3. The van der Waals surface area contributed by atoms with Crippen LogP contribution in [0.1, 0.15) is 40.3 Å². The zero-order chi connectivity index (χ0) is 15.8. The molecule has 7 nitrogen and oxygen atoms in total. The number of aryl methyl sites for hydroxylation is 2. The number of rotatable bonds is 2. The molecule has 22 heavy (non-hydrogen) atoms. The van der Waals surface area contributed by atoms with Crippen LogP contribution in [0.4, 0.5) is 0 Å². The van der Waals surface area contributed by atoms with E-state index < -0.39 is 0 Å². The molecule has 1 saturated heterocycles. The molecule has 2 aromatic rings. The molecule has 0 spiro atoms. The Labute approximate surface area is 128 Å². The van der Waals surface area contributed by atoms with Crippen LogP contribution in [0.25, 0.3) is 0 Å². The smallest absolute Gasteiger partial charge is 0.186 e. The minimum atomic E-state index is -0.269. The van der Waals surface area contributed by atoms with Crippen LogP contribution in [0.15, 0.2) is 24.8 Å². The Morgan fingerprint density at radius 2 is 1.45 bits per heavy atom. The molecular weight excluding hydrogens is 284 g/mol. The number of ether oxygens (including phenoxy) is 2. The van der Waals surface area contributed by atoms with E-state index in [1.165, 1.54) is 12.4 Å². The van der Waals surface area contributed by atoms with E-state index in [2.05, 4.69) is 19.9 Å². The van der Waals surface area contributed by atoms with Crippen molar-refractivity contribution >= 4 is 6.29 Å². The topological polar surface area (TPSA) is 87.1 Å². The zero-order valence-corrected chi connectivity index (χ0v) is 12.6. The van der Waals surface area contributed by atoms with Crippen molar-refractivity contribution in [1.82, 2.24) is 19.9 Å². The first-order valence-electron chi connectivity index (χ1n) is 6.94. The lowest BCUT2D eigenvalue weighted by atomic mass is 10.3. The molecule has 0 radical (unpaired) electrons. The SMILES string of the molecule is Cc1ncc(C2OCCCO2)cn1.Cc1ncc(C=O)cn1. The van der Waals surface area contributed by atoms with Gasteiger partial charge in [-0.3, -0.25) is 4.79 Å². The first-order chi connectivity index (χ1) is 10.7. The normalized spacial score (nSPS) is 14.8. The van der Waals surface area contributed by atoms with Gasteiger partial charge in [0.15, 0.2) is 12.6 Å². The highest BCUT2D eigenvalue weighted by molar-refractivity contribution is 5.73. The van der Waals surface area contributed by atoms with Gasteiger partial charge in [-0.15, -0.1) is 0 Å². The van der Waals surface area contributed by atoms with Crippen LogP contribution < -0.4 is 0 Å². The van der Waals surface area contributed by atoms with Crippen molar-refractivity contribution in [2.75, 3.05) is 13.2 Å². The Morgan fingerprint density at radius 1 is 0.955 bits per heavy atom. The van der Waals surface area contributed by atoms with Crippen molar-refractivity contribution in [2.24, 2.45) is 0 Å². The number of hydrogen-bond acceptors (Lipinski definition) is 7. The van der Waals surface area contributed by atoms with Crippen LogP contribution in [-0.2, 0) is 9.47 Å². The molecule has 0 atom stereocenters. The molecule has 0 aromatic carbocycles. The average molecular weight is 302 g/mol. The van der Waals surface area contributed by atoms with E-state index >= 15 is 0 Å². The van der Waals surface area contributed by atoms with E-state index in [4.69, 9.17) is 9.47 Å². The van der Waals surface area contributed by atoms with Crippen molar-refractivity contribution in [3.8, 4) is 0 Å². The largest absolute Gasteiger partial charge is 0.348 e. The lowest BCUT2D eigenvalue weighted by Crippen LogP contribution is -2.18. The highest BCUT2D eigenvalue weighted by Gasteiger charge is 2.16. The highest BCUT2D eigenvalue weighted by Crippen LogP contribution is 2.20. The molecule has 2 aromatic heterocycles. The molecule has 0 N–H and O–H groups in total. The quantitative estimate of drug-likeness (QED) is 0.782. The Morgan fingerprint density at radius 3 is 1.95 bits per heavy atom. The molecule has 0 bridgehead atoms. The van der Waals surface area contributed by atoms with Crippen LogP contribution >= 0.6 is 0 Å². The maximum atomic E-state index is 10.0. The fourth-order valence-corrected chi connectivity index (χ4v) is 1.67. The third-order valence-electron chi connectivity index (χ3n) is 2.84. The lowest BCUT2D eigenvalue weighted by Gasteiger charge is -2.22. The van der Waals surface area contributed by atoms with Crippen LogP contribution in [0.5, 0.6) is 0 Å². The summed E-state index contributed by atoms with van der Waals surface area (Å²) >= 11 is 0. The molecule has 0 aliphatic carbocycles. The van der Waals surface area contributed by atoms with Gasteiger partial charge in [0.1, 0.15) is 11.6 Å². The van der Waals surface area contributed by atoms with Gasteiger partial charge in [0.2, 0.25) is 0 Å². The second-order valence-electron chi connectivity index (χ2n) is 4.67. The van der Waals surface area contributed by atoms with Gasteiger partial charge in [-0.05, 0) is 20.3 Å². The summed E-state index contributed by atoms with van der Waals surface area (Å²) in [7, 11) is 0. The predicted octanol–water partition coefficient (Wildman–Crippen LogP) is 1.82. The molecule has 1 fully saturated rings. The van der Waals surface area contributed by atoms with E-state index in [0.29, 0.717) is 11.4 Å². The van der Waals surface area contributed by atoms with E-state index in [9.17, 15) is 4.79 Å². The third-order valence-corrected chi connectivity index (χ3v) is 2.84. The average Bonchev–Trinajstić information content (AvgIpc) is 2.58. The highest BCUT2D eigenvalue weighted by atomic mass is 16.7. The van der Waals surface area contributed by atoms with Gasteiger partial charge >= 0.3 is 0 Å². The van der Waals surface area contributed by atoms with Crippen molar-refractivity contribution in [3.05, 3.63) is 47.6 Å². The molecule has 1 aliphatic heterocycles. The maximum absolute atomic E-state index is 10.0. The molecule has 116 valence electrons. The van der Waals surface area contributed by atoms with Gasteiger partial charge in [0.25, 0.3) is 0 Å². The summed E-state index contributed by atoms with van der Waals surface area (Å²) in [5, 5.41) is 0. The summed E-state index contributed by atoms with van der Waals surface area (Å²) < 4.78 is 10.8. The van der Waals surface area contributed by atoms with Crippen molar-refractivity contribution < 1.29 is 14.3 Å². The maximum Gasteiger partial charge on any atom is 0.186 e. The fraction of sp³-hybridized carbons (Fsp3) is 0.400. The molecule has 0 unspecified atom stereocenters. The van der Waals surface area contributed by atoms with Crippen molar-refractivity contribution in [3.63, 3.8) is 0 Å². The first-order valence-corrected chi connectivity index (χ1v) is 6.94. The summed E-state index contributed by atoms with van der Waals surface area (Å²) in [5.74, 6) is 1.44. The lowest BCUT2D eigenvalue weighted by molar-refractivity contribution is -0.183. The Balaban J connectivity index is 0.000000172. The minimum Gasteiger partial charge on any atom is -0.348 e. The molecule has 1 aliphatic rings. The van der Waals surface area contributed by atoms with Gasteiger partial charge in [0, 0.05) is 30.4 Å². The van der Waals surface area contributed by atoms with Gasteiger partial charge in [-0.2, -0.15) is 0 Å². The fourth-order valence-electron chi connectivity index (χ4n) is 1.67. The molecule has 0 amide bonds. The van der Waals surface area contributed by atoms with Crippen LogP contribution in [0.2, 0.25) is 0 Å². The van der Waals surface area contributed by atoms with Crippen LogP contribution in [-0.4, -0.2) is 39.4 Å². The monoisotopic (exact) mass is 302 g/mol. The molecule has 0 saturated carbocycles. The molecular formula is C15H18N4O3. The second-order valence-corrected chi connectivity index (χ2v) is 4.67. The summed E-state index contributed by atoms with van der Waals surface area (Å²) in [6, 6.07) is 0. The summed E-state index contributed by atoms with van der Waals surface area (Å²) in [4.78, 5) is 25.8. The number of aromatic nitrogens is 4. The Hall–Kier alpha value is -2.25. The van der Waals surface area contributed by atoms with E-state index in [1.807, 2.05) is 6.92 Å². The molecule has 3 heterocycles. The second kappa shape index (κ2) is 8.26. The number of carbonyl (C=O) groups is 1. The van der Waals surface area contributed by atoms with Gasteiger partial charge in [-0.1, -0.05) is 0 Å². The number of hydrogen-bond donors (Lipinski definition) is 0. The van der Waals surface area contributed by atoms with Gasteiger partial charge in [-0.25, -0.2) is 19.9 Å². The minimum absolute atomic E-state index is 0.269. The van der Waals surface area contributed by atoms with Crippen molar-refractivity contribution in [1.29, 1.82) is 0 Å². The number of nitrogens with zero attached hydrogens (tertiary/aromatic N) is 4. The summed E-state index contributed by atoms with van der Waals surface area (Å²) in [6.45, 7) is 5.12. The molecule has 3 rings (SSSR count). The number of aldehydes is 1. The first kappa shape index (κ1) is 16.1. The Kier molecular flexibility index (Phi) is 6.05. The van der Waals surface area contributed by atoms with E-state index in [0.717, 1.165) is 37.3 Å². The number of carbonyl (C=O) groups excluding carboxylic acids is 1. The third kappa shape index (κ3) is 4.94. The molecule has 7 heteroatoms. The predicted molar refractivity (Wildman–Crippen MR) is 78.2 cm³/mol. The zero-order valence-electron chi connectivity index (χ0n) is 12.6. The van der Waals surface area contributed by atoms with E-state index in [-0.39, 0.29) is 6.29 Å². The van der Waals surface area contributed by atoms with Crippen LogP contribution in [0.3, 0.4) is 0 Å². The summed E-state index contributed by atoms with van der Waals surface area (Å²) in [6.07, 6.45) is 7.90. The van der Waals surface area contributed by atoms with Gasteiger partial charge < -0.3 is 9.47 Å².